The van der Waals surface area contributed by atoms with Crippen LogP contribution in [0.4, 0.5) is 0 Å². The molecule has 2 N–H and O–H groups in total. The van der Waals surface area contributed by atoms with Gasteiger partial charge in [0.25, 0.3) is 0 Å². The maximum absolute atomic E-state index is 4.38. The summed E-state index contributed by atoms with van der Waals surface area (Å²) in [7, 11) is 0. The molecule has 0 aromatic carbocycles. The summed E-state index contributed by atoms with van der Waals surface area (Å²) >= 11 is 0. The molecule has 1 heterocycles. The van der Waals surface area contributed by atoms with E-state index < -0.39 is 0 Å². The lowest BCUT2D eigenvalue weighted by molar-refractivity contribution is 0.482. The van der Waals surface area contributed by atoms with Crippen molar-refractivity contribution in [1.82, 2.24) is 20.5 Å². The molecule has 4 nitrogen and oxygen atoms in total. The molecule has 0 bridgehead atoms. The summed E-state index contributed by atoms with van der Waals surface area (Å²) in [6.45, 7) is 9.53. The molecule has 0 fully saturated rings. The highest BCUT2D eigenvalue weighted by Gasteiger charge is 2.10. The molecule has 0 aliphatic carbocycles. The zero-order chi connectivity index (χ0) is 10.6. The van der Waals surface area contributed by atoms with Crippen molar-refractivity contribution in [3.8, 4) is 0 Å². The molecule has 14 heavy (non-hydrogen) atoms. The number of aromatic nitrogens is 3. The van der Waals surface area contributed by atoms with E-state index in [0.717, 1.165) is 24.6 Å². The fourth-order valence-corrected chi connectivity index (χ4v) is 1.17. The lowest BCUT2D eigenvalue weighted by Gasteiger charge is -2.11. The number of hydrogen-bond donors (Lipinski definition) is 2. The number of nitrogens with zero attached hydrogens (tertiary/aromatic N) is 2. The van der Waals surface area contributed by atoms with Crippen molar-refractivity contribution >= 4 is 0 Å². The van der Waals surface area contributed by atoms with Gasteiger partial charge in [0.2, 0.25) is 0 Å². The van der Waals surface area contributed by atoms with Gasteiger partial charge in [0.1, 0.15) is 5.82 Å². The summed E-state index contributed by atoms with van der Waals surface area (Å²) in [5, 5.41) is 10.5. The van der Waals surface area contributed by atoms with Crippen LogP contribution in [0.1, 0.15) is 45.4 Å². The second kappa shape index (κ2) is 5.10. The van der Waals surface area contributed by atoms with Crippen LogP contribution in [0.25, 0.3) is 0 Å². The molecular weight excluding hydrogens is 176 g/mol. The molecule has 4 heteroatoms. The number of aryl methyl sites for hydroxylation is 1. The fourth-order valence-electron chi connectivity index (χ4n) is 1.17. The first-order chi connectivity index (χ1) is 6.63. The molecule has 0 aliphatic heterocycles. The second-order valence-corrected chi connectivity index (χ2v) is 4.02. The summed E-state index contributed by atoms with van der Waals surface area (Å²) in [5.41, 5.74) is 0. The van der Waals surface area contributed by atoms with Crippen LogP contribution in [0.15, 0.2) is 0 Å². The second-order valence-electron chi connectivity index (χ2n) is 4.02. The minimum atomic E-state index is 0.231. The van der Waals surface area contributed by atoms with Crippen LogP contribution in [0.2, 0.25) is 0 Å². The summed E-state index contributed by atoms with van der Waals surface area (Å²) in [5.74, 6) is 2.47. The average molecular weight is 196 g/mol. The van der Waals surface area contributed by atoms with Gasteiger partial charge >= 0.3 is 0 Å². The third-order valence-corrected chi connectivity index (χ3v) is 2.10. The van der Waals surface area contributed by atoms with Gasteiger partial charge in [-0.15, -0.1) is 0 Å². The Morgan fingerprint density at radius 1 is 1.36 bits per heavy atom. The molecule has 0 saturated heterocycles. The third kappa shape index (κ3) is 3.10. The third-order valence-electron chi connectivity index (χ3n) is 2.10. The van der Waals surface area contributed by atoms with E-state index in [1.54, 1.807) is 0 Å². The molecular formula is C10H20N4. The Labute approximate surface area is 85.5 Å². The highest BCUT2D eigenvalue weighted by molar-refractivity contribution is 4.95. The van der Waals surface area contributed by atoms with Crippen molar-refractivity contribution < 1.29 is 0 Å². The van der Waals surface area contributed by atoms with Crippen LogP contribution in [-0.2, 0) is 6.42 Å². The molecule has 0 amide bonds. The minimum absolute atomic E-state index is 0.231. The largest absolute Gasteiger partial charge is 0.307 e. The van der Waals surface area contributed by atoms with Gasteiger partial charge in [-0.25, -0.2) is 4.98 Å². The molecule has 1 unspecified atom stereocenters. The van der Waals surface area contributed by atoms with E-state index in [-0.39, 0.29) is 6.04 Å². The van der Waals surface area contributed by atoms with Crippen molar-refractivity contribution in [3.05, 3.63) is 11.6 Å². The smallest absolute Gasteiger partial charge is 0.167 e. The lowest BCUT2D eigenvalue weighted by Crippen LogP contribution is -2.24. The first-order valence-electron chi connectivity index (χ1n) is 5.28. The normalized spacial score (nSPS) is 13.5. The van der Waals surface area contributed by atoms with Gasteiger partial charge < -0.3 is 5.32 Å². The molecule has 80 valence electrons. The Bertz CT molecular complexity index is 267. The highest BCUT2D eigenvalue weighted by Crippen LogP contribution is 2.06. The van der Waals surface area contributed by atoms with Crippen molar-refractivity contribution in [2.45, 2.75) is 40.2 Å². The summed E-state index contributed by atoms with van der Waals surface area (Å²) in [6, 6.07) is 0.231. The van der Waals surface area contributed by atoms with E-state index in [4.69, 9.17) is 0 Å². The van der Waals surface area contributed by atoms with E-state index in [2.05, 4.69) is 48.2 Å². The Hall–Kier alpha value is -0.900. The number of hydrogen-bond acceptors (Lipinski definition) is 3. The number of nitrogens with one attached hydrogen (secondary N) is 2. The van der Waals surface area contributed by atoms with E-state index in [0.29, 0.717) is 5.92 Å². The topological polar surface area (TPSA) is 53.6 Å². The summed E-state index contributed by atoms with van der Waals surface area (Å²) in [4.78, 5) is 4.38. The lowest BCUT2D eigenvalue weighted by atomic mass is 10.2. The zero-order valence-electron chi connectivity index (χ0n) is 9.46. The van der Waals surface area contributed by atoms with Crippen LogP contribution in [0.3, 0.4) is 0 Å². The monoisotopic (exact) mass is 196 g/mol. The molecule has 0 spiro atoms. The molecule has 0 aliphatic rings. The van der Waals surface area contributed by atoms with Crippen molar-refractivity contribution in [2.75, 3.05) is 6.54 Å². The van der Waals surface area contributed by atoms with E-state index in [1.165, 1.54) is 0 Å². The molecule has 0 saturated carbocycles. The standard InChI is InChI=1S/C10H20N4/c1-5-9-12-10(14-13-9)8(4)11-6-7(2)3/h7-8,11H,5-6H2,1-4H3,(H,12,13,14). The first-order valence-corrected chi connectivity index (χ1v) is 5.28. The maximum Gasteiger partial charge on any atom is 0.167 e. The van der Waals surface area contributed by atoms with E-state index in [1.807, 2.05) is 0 Å². The van der Waals surface area contributed by atoms with Crippen molar-refractivity contribution in [2.24, 2.45) is 5.92 Å². The van der Waals surface area contributed by atoms with Gasteiger partial charge in [-0.05, 0) is 19.4 Å². The van der Waals surface area contributed by atoms with Crippen LogP contribution >= 0.6 is 0 Å². The minimum Gasteiger partial charge on any atom is -0.307 e. The van der Waals surface area contributed by atoms with Crippen LogP contribution in [-0.4, -0.2) is 21.7 Å². The molecule has 0 radical (unpaired) electrons. The van der Waals surface area contributed by atoms with Gasteiger partial charge in [-0.2, -0.15) is 5.10 Å². The summed E-state index contributed by atoms with van der Waals surface area (Å²) in [6.07, 6.45) is 0.907. The zero-order valence-corrected chi connectivity index (χ0v) is 9.46. The number of H-pyrrole nitrogens is 1. The molecule has 1 atom stereocenters. The fraction of sp³-hybridized carbons (Fsp3) is 0.800. The van der Waals surface area contributed by atoms with Gasteiger partial charge in [-0.1, -0.05) is 20.8 Å². The van der Waals surface area contributed by atoms with Gasteiger partial charge in [0.05, 0.1) is 6.04 Å². The molecule has 1 aromatic rings. The van der Waals surface area contributed by atoms with Crippen molar-refractivity contribution in [3.63, 3.8) is 0 Å². The average Bonchev–Trinajstić information content (AvgIpc) is 2.62. The van der Waals surface area contributed by atoms with Crippen LogP contribution in [0, 0.1) is 5.92 Å². The SMILES string of the molecule is CCc1nc(C(C)NCC(C)C)n[nH]1. The van der Waals surface area contributed by atoms with Gasteiger partial charge in [0.15, 0.2) is 5.82 Å². The molecule has 1 rings (SSSR count). The highest BCUT2D eigenvalue weighted by atomic mass is 15.2. The number of aromatic amines is 1. The van der Waals surface area contributed by atoms with Crippen molar-refractivity contribution in [1.29, 1.82) is 0 Å². The van der Waals surface area contributed by atoms with E-state index >= 15 is 0 Å². The van der Waals surface area contributed by atoms with Crippen LogP contribution in [0.5, 0.6) is 0 Å². The van der Waals surface area contributed by atoms with Crippen LogP contribution < -0.4 is 5.32 Å². The molecule has 1 aromatic heterocycles. The Morgan fingerprint density at radius 3 is 2.57 bits per heavy atom. The first kappa shape index (κ1) is 11.2. The summed E-state index contributed by atoms with van der Waals surface area (Å²) < 4.78 is 0. The predicted molar refractivity (Wildman–Crippen MR) is 57.0 cm³/mol. The van der Waals surface area contributed by atoms with Gasteiger partial charge in [-0.3, -0.25) is 5.10 Å². The predicted octanol–water partition coefficient (Wildman–Crippen LogP) is 1.67. The Kier molecular flexibility index (Phi) is 4.07. The maximum atomic E-state index is 4.38. The quantitative estimate of drug-likeness (QED) is 0.753. The van der Waals surface area contributed by atoms with E-state index in [9.17, 15) is 0 Å². The Balaban J connectivity index is 2.47. The Morgan fingerprint density at radius 2 is 2.07 bits per heavy atom. The number of rotatable bonds is 5. The van der Waals surface area contributed by atoms with Gasteiger partial charge in [0, 0.05) is 6.42 Å².